The van der Waals surface area contributed by atoms with Crippen LogP contribution in [-0.4, -0.2) is 60.9 Å². The molecule has 0 saturated carbocycles. The van der Waals surface area contributed by atoms with Crippen LogP contribution in [-0.2, 0) is 22.4 Å². The van der Waals surface area contributed by atoms with Gasteiger partial charge in [0.2, 0.25) is 0 Å². The molecule has 2 aliphatic heterocycles. The van der Waals surface area contributed by atoms with Crippen LogP contribution in [0.1, 0.15) is 30.1 Å². The first-order chi connectivity index (χ1) is 16.5. The van der Waals surface area contributed by atoms with Gasteiger partial charge in [0, 0.05) is 73.1 Å². The molecular formula is C26H29AuN5O3-2. The molecule has 0 bridgehead atoms. The molecule has 0 atom stereocenters. The minimum atomic E-state index is -0.127. The third-order valence-corrected chi connectivity index (χ3v) is 6.00. The first-order valence-electron chi connectivity index (χ1n) is 11.4. The number of benzene rings is 2. The van der Waals surface area contributed by atoms with Crippen molar-refractivity contribution < 1.29 is 37.0 Å². The summed E-state index contributed by atoms with van der Waals surface area (Å²) < 4.78 is 5.43. The molecule has 35 heavy (non-hydrogen) atoms. The Labute approximate surface area is 222 Å². The van der Waals surface area contributed by atoms with E-state index in [2.05, 4.69) is 27.3 Å². The van der Waals surface area contributed by atoms with E-state index in [0.29, 0.717) is 23.7 Å². The molecule has 0 spiro atoms. The molecule has 3 heterocycles. The Balaban J connectivity index is 0.000000192. The normalized spacial score (nSPS) is 15.2. The van der Waals surface area contributed by atoms with Gasteiger partial charge in [0.25, 0.3) is 5.91 Å². The van der Waals surface area contributed by atoms with Gasteiger partial charge < -0.3 is 34.5 Å². The van der Waals surface area contributed by atoms with Crippen molar-refractivity contribution in [1.29, 1.82) is 0 Å². The van der Waals surface area contributed by atoms with Gasteiger partial charge >= 0.3 is 0 Å². The van der Waals surface area contributed by atoms with Gasteiger partial charge in [0.1, 0.15) is 0 Å². The summed E-state index contributed by atoms with van der Waals surface area (Å²) in [5, 5.41) is 9.46. The second-order valence-electron chi connectivity index (χ2n) is 8.18. The van der Waals surface area contributed by atoms with E-state index in [0.717, 1.165) is 43.1 Å². The van der Waals surface area contributed by atoms with E-state index in [-0.39, 0.29) is 34.4 Å². The van der Waals surface area contributed by atoms with Crippen molar-refractivity contribution in [2.24, 2.45) is 0 Å². The molecule has 1 radical (unpaired) electrons. The zero-order valence-corrected chi connectivity index (χ0v) is 22.2. The average molecular weight is 657 g/mol. The standard InChI is InChI=1S/C13H11N4O.C13H18NO2.Au/c1-16-10-6-4-3-5-9(10)13(18)17(2)11-7-14-8-15-12(11)16;1-2-16-13-5-3-4-11(10-13)14-8-6-12(15)7-9-14;/h3-7H,1-2H3;3-4,10,12,15H,2,6-9H2,1H3;/q2*-1;. The molecular weight excluding hydrogens is 627 g/mol. The number of carbonyl (C=O) groups excluding carboxylic acids is 1. The Morgan fingerprint density at radius 3 is 2.60 bits per heavy atom. The number of aliphatic hydroxyl groups is 1. The largest absolute Gasteiger partial charge is 0.520 e. The van der Waals surface area contributed by atoms with Gasteiger partial charge in [-0.2, -0.15) is 6.07 Å². The molecule has 2 aromatic carbocycles. The molecule has 1 saturated heterocycles. The Hall–Kier alpha value is -2.91. The number of aromatic nitrogens is 2. The van der Waals surface area contributed by atoms with Gasteiger partial charge in [0.05, 0.1) is 18.3 Å². The number of rotatable bonds is 3. The number of carbonyl (C=O) groups is 1. The van der Waals surface area contributed by atoms with E-state index < -0.39 is 0 Å². The number of aliphatic hydroxyl groups excluding tert-OH is 1. The minimum absolute atomic E-state index is 0. The van der Waals surface area contributed by atoms with Crippen LogP contribution in [0.5, 0.6) is 5.75 Å². The molecule has 2 aliphatic rings. The van der Waals surface area contributed by atoms with E-state index in [9.17, 15) is 9.90 Å². The summed E-state index contributed by atoms with van der Waals surface area (Å²) in [6.07, 6.45) is 5.74. The van der Waals surface area contributed by atoms with Gasteiger partial charge in [-0.3, -0.25) is 4.79 Å². The monoisotopic (exact) mass is 656 g/mol. The van der Waals surface area contributed by atoms with Crippen molar-refractivity contribution in [1.82, 2.24) is 9.97 Å². The Morgan fingerprint density at radius 1 is 1.11 bits per heavy atom. The molecule has 0 aliphatic carbocycles. The van der Waals surface area contributed by atoms with Crippen LogP contribution in [0.3, 0.4) is 0 Å². The first-order valence-corrected chi connectivity index (χ1v) is 11.4. The predicted molar refractivity (Wildman–Crippen MR) is 132 cm³/mol. The van der Waals surface area contributed by atoms with Crippen molar-refractivity contribution in [3.8, 4) is 5.75 Å². The zero-order valence-electron chi connectivity index (χ0n) is 20.0. The van der Waals surface area contributed by atoms with Crippen molar-refractivity contribution in [2.75, 3.05) is 48.5 Å². The smallest absolute Gasteiger partial charge is 0.258 e. The average Bonchev–Trinajstić information content (AvgIpc) is 2.95. The number of piperidine rings is 1. The van der Waals surface area contributed by atoms with Crippen molar-refractivity contribution in [2.45, 2.75) is 25.9 Å². The quantitative estimate of drug-likeness (QED) is 0.342. The fourth-order valence-corrected chi connectivity index (χ4v) is 4.11. The fraction of sp³-hybridized carbons (Fsp3) is 0.346. The van der Waals surface area contributed by atoms with E-state index in [1.807, 2.05) is 61.3 Å². The molecule has 1 fully saturated rings. The van der Waals surface area contributed by atoms with E-state index in [1.54, 1.807) is 18.1 Å². The predicted octanol–water partition coefficient (Wildman–Crippen LogP) is 3.48. The van der Waals surface area contributed by atoms with E-state index in [4.69, 9.17) is 4.74 Å². The van der Waals surface area contributed by atoms with Crippen LogP contribution in [0.4, 0.5) is 22.9 Å². The number of fused-ring (bicyclic) bond motifs is 2. The molecule has 8 nitrogen and oxygen atoms in total. The fourth-order valence-electron chi connectivity index (χ4n) is 4.11. The Kier molecular flexibility index (Phi) is 9.28. The molecule has 0 unspecified atom stereocenters. The van der Waals surface area contributed by atoms with E-state index >= 15 is 0 Å². The number of hydrogen-bond acceptors (Lipinski definition) is 7. The topological polar surface area (TPSA) is 82.0 Å². The summed E-state index contributed by atoms with van der Waals surface area (Å²) in [4.78, 5) is 26.1. The number of anilines is 4. The van der Waals surface area contributed by atoms with Crippen LogP contribution < -0.4 is 19.4 Å². The summed E-state index contributed by atoms with van der Waals surface area (Å²) >= 11 is 0. The second kappa shape index (κ2) is 12.2. The molecule has 1 N–H and O–H groups in total. The maximum absolute atomic E-state index is 12.4. The Bertz CT molecular complexity index is 1140. The zero-order chi connectivity index (χ0) is 24.1. The summed E-state index contributed by atoms with van der Waals surface area (Å²) in [5.74, 6) is 1.41. The SMILES string of the molecule is CCOc1[c-]ccc(N2CCC(O)CC2)c1.CN1C(=O)c2ccccc2N(C)c2n[c-]ncc21.[Au]. The van der Waals surface area contributed by atoms with Gasteiger partial charge in [-0.1, -0.05) is 24.0 Å². The number of para-hydroxylation sites is 1. The van der Waals surface area contributed by atoms with Gasteiger partial charge in [0.15, 0.2) is 0 Å². The summed E-state index contributed by atoms with van der Waals surface area (Å²) in [6.45, 7) is 4.46. The maximum Gasteiger partial charge on any atom is 0.258 e. The number of ether oxygens (including phenoxy) is 1. The van der Waals surface area contributed by atoms with Crippen molar-refractivity contribution in [3.05, 3.63) is 66.6 Å². The van der Waals surface area contributed by atoms with Crippen LogP contribution in [0.2, 0.25) is 0 Å². The first kappa shape index (κ1) is 26.7. The summed E-state index contributed by atoms with van der Waals surface area (Å²) in [5.41, 5.74) is 3.33. The second-order valence-corrected chi connectivity index (χ2v) is 8.18. The number of nitrogens with zero attached hydrogens (tertiary/aromatic N) is 5. The van der Waals surface area contributed by atoms with Gasteiger partial charge in [-0.15, -0.1) is 18.2 Å². The number of hydrogen-bond donors (Lipinski definition) is 1. The van der Waals surface area contributed by atoms with Crippen LogP contribution in [0, 0.1) is 12.4 Å². The van der Waals surface area contributed by atoms with Crippen molar-refractivity contribution >= 4 is 28.8 Å². The molecule has 5 rings (SSSR count). The van der Waals surface area contributed by atoms with E-state index in [1.165, 1.54) is 0 Å². The van der Waals surface area contributed by atoms with Crippen LogP contribution >= 0.6 is 0 Å². The molecule has 189 valence electrons. The molecule has 1 amide bonds. The third kappa shape index (κ3) is 6.02. The maximum atomic E-state index is 12.4. The van der Waals surface area contributed by atoms with Crippen molar-refractivity contribution in [3.63, 3.8) is 0 Å². The van der Waals surface area contributed by atoms with Crippen LogP contribution in [0.15, 0.2) is 48.7 Å². The third-order valence-electron chi connectivity index (χ3n) is 6.00. The minimum Gasteiger partial charge on any atom is -0.520 e. The van der Waals surface area contributed by atoms with Crippen LogP contribution in [0.25, 0.3) is 0 Å². The Morgan fingerprint density at radius 2 is 1.86 bits per heavy atom. The molecule has 9 heteroatoms. The molecule has 1 aromatic heterocycles. The number of amides is 1. The summed E-state index contributed by atoms with van der Waals surface area (Å²) in [6, 6.07) is 16.5. The van der Waals surface area contributed by atoms with Gasteiger partial charge in [-0.05, 0) is 37.6 Å². The summed E-state index contributed by atoms with van der Waals surface area (Å²) in [7, 11) is 3.60. The van der Waals surface area contributed by atoms with Gasteiger partial charge in [-0.25, -0.2) is 0 Å². The molecule has 3 aromatic rings.